The van der Waals surface area contributed by atoms with Crippen LogP contribution in [0.3, 0.4) is 0 Å². The average Bonchev–Trinajstić information content (AvgIpc) is 3.22. The molecule has 3 fully saturated rings. The zero-order chi connectivity index (χ0) is 22.2. The van der Waals surface area contributed by atoms with E-state index in [1.54, 1.807) is 12.1 Å². The first-order valence-electron chi connectivity index (χ1n) is 10.9. The summed E-state index contributed by atoms with van der Waals surface area (Å²) < 4.78 is 13.1. The first kappa shape index (κ1) is 21.3. The SMILES string of the molecule is O=C(NCc1ccc(F)cc1)C1CCC2C(=O)NC3C(c4ccc(Cl)cc4)NNN3C2C1. The molecule has 4 N–H and O–H groups in total. The first-order chi connectivity index (χ1) is 15.5. The van der Waals surface area contributed by atoms with Crippen molar-refractivity contribution in [3.05, 3.63) is 70.5 Å². The van der Waals surface area contributed by atoms with Crippen molar-refractivity contribution in [2.24, 2.45) is 11.8 Å². The fourth-order valence-corrected chi connectivity index (χ4v) is 5.14. The van der Waals surface area contributed by atoms with Crippen molar-refractivity contribution in [2.75, 3.05) is 0 Å². The predicted octanol–water partition coefficient (Wildman–Crippen LogP) is 2.40. The van der Waals surface area contributed by atoms with Crippen molar-refractivity contribution >= 4 is 23.4 Å². The number of hydrogen-bond donors (Lipinski definition) is 4. The number of hydrogen-bond acceptors (Lipinski definition) is 5. The molecule has 0 aromatic heterocycles. The Hall–Kier alpha value is -2.52. The zero-order valence-electron chi connectivity index (χ0n) is 17.4. The van der Waals surface area contributed by atoms with Crippen LogP contribution in [0.5, 0.6) is 0 Å². The van der Waals surface area contributed by atoms with E-state index in [0.717, 1.165) is 11.1 Å². The molecular weight excluding hydrogens is 433 g/mol. The highest BCUT2D eigenvalue weighted by atomic mass is 35.5. The summed E-state index contributed by atoms with van der Waals surface area (Å²) in [6.45, 7) is 0.356. The molecule has 0 bridgehead atoms. The topological polar surface area (TPSA) is 85.5 Å². The molecule has 5 rings (SSSR count). The second kappa shape index (κ2) is 8.78. The lowest BCUT2D eigenvalue weighted by molar-refractivity contribution is -0.143. The quantitative estimate of drug-likeness (QED) is 0.566. The number of fused-ring (bicyclic) bond motifs is 3. The predicted molar refractivity (Wildman–Crippen MR) is 117 cm³/mol. The Balaban J connectivity index is 1.26. The monoisotopic (exact) mass is 457 g/mol. The molecule has 1 saturated carbocycles. The molecule has 0 radical (unpaired) electrons. The van der Waals surface area contributed by atoms with Crippen LogP contribution >= 0.6 is 11.6 Å². The Kier molecular flexibility index (Phi) is 5.86. The minimum atomic E-state index is -0.299. The van der Waals surface area contributed by atoms with Gasteiger partial charge < -0.3 is 10.6 Å². The summed E-state index contributed by atoms with van der Waals surface area (Å²) in [5, 5.41) is 8.80. The summed E-state index contributed by atoms with van der Waals surface area (Å²) in [6, 6.07) is 13.4. The molecule has 2 aliphatic heterocycles. The molecule has 5 atom stereocenters. The summed E-state index contributed by atoms with van der Waals surface area (Å²) in [6.07, 6.45) is 1.65. The van der Waals surface area contributed by atoms with Gasteiger partial charge in [-0.1, -0.05) is 35.9 Å². The molecule has 7 nitrogen and oxygen atoms in total. The maximum absolute atomic E-state index is 13.1. The standard InChI is InChI=1S/C23H25ClFN5O2/c24-16-6-3-14(4-7-16)20-21-27-23(32)18-10-5-15(11-19(18)30(21)29-28-20)22(31)26-12-13-1-8-17(25)9-2-13/h1-4,6-9,15,18-21,28-29H,5,10-12H2,(H,26,31)(H,27,32). The van der Waals surface area contributed by atoms with Gasteiger partial charge in [0.25, 0.3) is 0 Å². The van der Waals surface area contributed by atoms with E-state index in [1.165, 1.54) is 12.1 Å². The van der Waals surface area contributed by atoms with Crippen LogP contribution in [-0.4, -0.2) is 29.0 Å². The summed E-state index contributed by atoms with van der Waals surface area (Å²) >= 11 is 6.02. The van der Waals surface area contributed by atoms with Crippen LogP contribution in [0.1, 0.15) is 36.4 Å². The molecule has 2 aromatic rings. The van der Waals surface area contributed by atoms with Crippen molar-refractivity contribution in [3.63, 3.8) is 0 Å². The zero-order valence-corrected chi connectivity index (χ0v) is 18.1. The van der Waals surface area contributed by atoms with Gasteiger partial charge in [0.1, 0.15) is 12.0 Å². The minimum absolute atomic E-state index is 0.0308. The van der Waals surface area contributed by atoms with Crippen LogP contribution in [0.15, 0.2) is 48.5 Å². The van der Waals surface area contributed by atoms with Gasteiger partial charge in [-0.3, -0.25) is 9.59 Å². The van der Waals surface area contributed by atoms with Crippen molar-refractivity contribution in [1.29, 1.82) is 0 Å². The smallest absolute Gasteiger partial charge is 0.226 e. The molecule has 2 heterocycles. The molecule has 1 aliphatic carbocycles. The number of carbonyl (C=O) groups excluding carboxylic acids is 2. The summed E-state index contributed by atoms with van der Waals surface area (Å²) in [4.78, 5) is 25.7. The fourth-order valence-electron chi connectivity index (χ4n) is 5.02. The maximum atomic E-state index is 13.1. The Labute approximate surface area is 190 Å². The molecule has 3 aliphatic rings. The molecule has 168 valence electrons. The Morgan fingerprint density at radius 1 is 1.12 bits per heavy atom. The van der Waals surface area contributed by atoms with Crippen molar-refractivity contribution in [3.8, 4) is 0 Å². The van der Waals surface area contributed by atoms with Crippen molar-refractivity contribution < 1.29 is 14.0 Å². The van der Waals surface area contributed by atoms with Crippen LogP contribution in [0.4, 0.5) is 4.39 Å². The van der Waals surface area contributed by atoms with E-state index < -0.39 is 0 Å². The van der Waals surface area contributed by atoms with Gasteiger partial charge in [0, 0.05) is 23.5 Å². The maximum Gasteiger partial charge on any atom is 0.226 e. The van der Waals surface area contributed by atoms with Gasteiger partial charge in [0.05, 0.1) is 12.0 Å². The van der Waals surface area contributed by atoms with Gasteiger partial charge >= 0.3 is 0 Å². The summed E-state index contributed by atoms with van der Waals surface area (Å²) in [5.41, 5.74) is 8.36. The minimum Gasteiger partial charge on any atom is -0.352 e. The number of rotatable bonds is 4. The highest BCUT2D eigenvalue weighted by molar-refractivity contribution is 6.30. The molecular formula is C23H25ClFN5O2. The van der Waals surface area contributed by atoms with E-state index >= 15 is 0 Å². The first-order valence-corrected chi connectivity index (χ1v) is 11.2. The molecule has 5 unspecified atom stereocenters. The third-order valence-electron chi connectivity index (χ3n) is 6.75. The van der Waals surface area contributed by atoms with E-state index in [0.29, 0.717) is 30.8 Å². The average molecular weight is 458 g/mol. The van der Waals surface area contributed by atoms with Gasteiger partial charge in [-0.2, -0.15) is 5.53 Å². The second-order valence-corrected chi connectivity index (χ2v) is 9.11. The van der Waals surface area contributed by atoms with Gasteiger partial charge in [-0.05, 0) is 54.7 Å². The van der Waals surface area contributed by atoms with Gasteiger partial charge in [0.15, 0.2) is 0 Å². The number of halogens is 2. The number of nitrogens with one attached hydrogen (secondary N) is 4. The van der Waals surface area contributed by atoms with E-state index in [-0.39, 0.29) is 47.7 Å². The highest BCUT2D eigenvalue weighted by Gasteiger charge is 2.51. The van der Waals surface area contributed by atoms with Crippen LogP contribution in [0.2, 0.25) is 5.02 Å². The third kappa shape index (κ3) is 4.11. The molecule has 9 heteroatoms. The van der Waals surface area contributed by atoms with E-state index in [2.05, 4.69) is 21.6 Å². The molecule has 0 spiro atoms. The number of carbonyl (C=O) groups is 2. The molecule has 2 aromatic carbocycles. The molecule has 32 heavy (non-hydrogen) atoms. The number of hydrazine groups is 2. The Morgan fingerprint density at radius 2 is 1.88 bits per heavy atom. The third-order valence-corrected chi connectivity index (χ3v) is 7.00. The van der Waals surface area contributed by atoms with Crippen LogP contribution < -0.4 is 21.6 Å². The lowest BCUT2D eigenvalue weighted by Crippen LogP contribution is -2.65. The van der Waals surface area contributed by atoms with E-state index in [9.17, 15) is 14.0 Å². The van der Waals surface area contributed by atoms with Crippen LogP contribution in [0.25, 0.3) is 0 Å². The van der Waals surface area contributed by atoms with E-state index in [1.807, 2.05) is 29.3 Å². The van der Waals surface area contributed by atoms with Gasteiger partial charge in [-0.25, -0.2) is 14.8 Å². The summed E-state index contributed by atoms with van der Waals surface area (Å²) in [7, 11) is 0. The fraction of sp³-hybridized carbons (Fsp3) is 0.391. The lowest BCUT2D eigenvalue weighted by Gasteiger charge is -2.46. The lowest BCUT2D eigenvalue weighted by atomic mass is 9.75. The Morgan fingerprint density at radius 3 is 2.62 bits per heavy atom. The van der Waals surface area contributed by atoms with Crippen molar-refractivity contribution in [2.45, 2.75) is 44.1 Å². The number of amides is 2. The highest BCUT2D eigenvalue weighted by Crippen LogP contribution is 2.39. The number of benzene rings is 2. The van der Waals surface area contributed by atoms with Crippen LogP contribution in [-0.2, 0) is 16.1 Å². The second-order valence-electron chi connectivity index (χ2n) is 8.67. The molecule has 2 saturated heterocycles. The van der Waals surface area contributed by atoms with Crippen LogP contribution in [0, 0.1) is 17.7 Å². The van der Waals surface area contributed by atoms with E-state index in [4.69, 9.17) is 11.6 Å². The Bertz CT molecular complexity index is 1000. The van der Waals surface area contributed by atoms with Gasteiger partial charge in [0.2, 0.25) is 11.8 Å². The largest absolute Gasteiger partial charge is 0.352 e. The van der Waals surface area contributed by atoms with Crippen molar-refractivity contribution in [1.82, 2.24) is 26.6 Å². The van der Waals surface area contributed by atoms with Gasteiger partial charge in [-0.15, -0.1) is 0 Å². The summed E-state index contributed by atoms with van der Waals surface area (Å²) in [5.74, 6) is -0.639. The number of nitrogens with zero attached hydrogens (tertiary/aromatic N) is 1. The normalized spacial score (nSPS) is 29.7. The molecule has 2 amide bonds.